The summed E-state index contributed by atoms with van der Waals surface area (Å²) in [4.78, 5) is 14.7. The van der Waals surface area contributed by atoms with Crippen LogP contribution >= 0.6 is 0 Å². The molecule has 0 saturated heterocycles. The van der Waals surface area contributed by atoms with E-state index in [4.69, 9.17) is 5.73 Å². The Morgan fingerprint density at radius 1 is 1.05 bits per heavy atom. The standard InChI is InChI=1S/C15H29N3O/c1-18(2)14(8-6-7-9-14)12-17-13(19)15(16)10-4-3-5-11-15/h3-12,16H2,1-2H3,(H,17,19). The van der Waals surface area contributed by atoms with E-state index in [2.05, 4.69) is 24.3 Å². The van der Waals surface area contributed by atoms with Gasteiger partial charge in [0.25, 0.3) is 0 Å². The van der Waals surface area contributed by atoms with E-state index in [1.807, 2.05) is 0 Å². The summed E-state index contributed by atoms with van der Waals surface area (Å²) in [5.41, 5.74) is 5.83. The van der Waals surface area contributed by atoms with Gasteiger partial charge in [0.2, 0.25) is 5.91 Å². The van der Waals surface area contributed by atoms with Crippen LogP contribution < -0.4 is 11.1 Å². The Morgan fingerprint density at radius 3 is 2.11 bits per heavy atom. The number of nitrogens with two attached hydrogens (primary N) is 1. The van der Waals surface area contributed by atoms with Crippen molar-refractivity contribution < 1.29 is 4.79 Å². The number of nitrogens with zero attached hydrogens (tertiary/aromatic N) is 1. The van der Waals surface area contributed by atoms with Crippen molar-refractivity contribution in [1.29, 1.82) is 0 Å². The normalized spacial score (nSPS) is 25.5. The van der Waals surface area contributed by atoms with Crippen LogP contribution in [-0.2, 0) is 4.79 Å². The molecule has 0 radical (unpaired) electrons. The molecule has 3 N–H and O–H groups in total. The number of likely N-dealkylation sites (N-methyl/N-ethyl adjacent to an activating group) is 1. The van der Waals surface area contributed by atoms with E-state index in [0.29, 0.717) is 0 Å². The fourth-order valence-electron chi connectivity index (χ4n) is 3.65. The van der Waals surface area contributed by atoms with E-state index >= 15 is 0 Å². The molecule has 0 aromatic carbocycles. The lowest BCUT2D eigenvalue weighted by Crippen LogP contribution is -2.59. The van der Waals surface area contributed by atoms with Gasteiger partial charge in [-0.2, -0.15) is 0 Å². The third kappa shape index (κ3) is 3.11. The molecule has 2 saturated carbocycles. The molecule has 4 heteroatoms. The second-order valence-electron chi connectivity index (χ2n) is 6.73. The average molecular weight is 267 g/mol. The lowest BCUT2D eigenvalue weighted by atomic mass is 9.81. The van der Waals surface area contributed by atoms with E-state index in [1.165, 1.54) is 32.1 Å². The lowest BCUT2D eigenvalue weighted by molar-refractivity contribution is -0.128. The van der Waals surface area contributed by atoms with Gasteiger partial charge in [0.1, 0.15) is 0 Å². The van der Waals surface area contributed by atoms with E-state index in [-0.39, 0.29) is 11.4 Å². The number of nitrogens with one attached hydrogen (secondary N) is 1. The van der Waals surface area contributed by atoms with Gasteiger partial charge in [0.15, 0.2) is 0 Å². The van der Waals surface area contributed by atoms with E-state index in [1.54, 1.807) is 0 Å². The van der Waals surface area contributed by atoms with Crippen LogP contribution in [0, 0.1) is 0 Å². The first-order valence-electron chi connectivity index (χ1n) is 7.73. The Balaban J connectivity index is 1.92. The van der Waals surface area contributed by atoms with E-state index in [9.17, 15) is 4.79 Å². The van der Waals surface area contributed by atoms with E-state index < -0.39 is 5.54 Å². The van der Waals surface area contributed by atoms with Crippen LogP contribution in [0.3, 0.4) is 0 Å². The maximum Gasteiger partial charge on any atom is 0.240 e. The minimum absolute atomic E-state index is 0.0697. The zero-order valence-electron chi connectivity index (χ0n) is 12.5. The minimum atomic E-state index is -0.607. The highest BCUT2D eigenvalue weighted by Crippen LogP contribution is 2.33. The maximum atomic E-state index is 12.4. The molecule has 19 heavy (non-hydrogen) atoms. The Bertz CT molecular complexity index is 315. The molecular formula is C15H29N3O. The van der Waals surface area contributed by atoms with Crippen molar-refractivity contribution in [2.75, 3.05) is 20.6 Å². The summed E-state index contributed by atoms with van der Waals surface area (Å²) in [7, 11) is 4.24. The second kappa shape index (κ2) is 5.80. The van der Waals surface area contributed by atoms with Crippen molar-refractivity contribution in [1.82, 2.24) is 10.2 Å². The van der Waals surface area contributed by atoms with Crippen LogP contribution in [0.5, 0.6) is 0 Å². The topological polar surface area (TPSA) is 58.4 Å². The van der Waals surface area contributed by atoms with Gasteiger partial charge in [-0.05, 0) is 39.8 Å². The quantitative estimate of drug-likeness (QED) is 0.814. The van der Waals surface area contributed by atoms with Crippen LogP contribution in [0.1, 0.15) is 57.8 Å². The summed E-state index contributed by atoms with van der Waals surface area (Å²) in [5, 5.41) is 3.15. The van der Waals surface area contributed by atoms with Gasteiger partial charge in [-0.25, -0.2) is 0 Å². The molecule has 4 nitrogen and oxygen atoms in total. The average Bonchev–Trinajstić information content (AvgIpc) is 2.87. The summed E-state index contributed by atoms with van der Waals surface area (Å²) in [5.74, 6) is 0.0697. The largest absolute Gasteiger partial charge is 0.353 e. The summed E-state index contributed by atoms with van der Waals surface area (Å²) in [6.45, 7) is 0.748. The molecule has 0 spiro atoms. The van der Waals surface area contributed by atoms with Gasteiger partial charge in [0.05, 0.1) is 5.54 Å². The van der Waals surface area contributed by atoms with Gasteiger partial charge in [-0.1, -0.05) is 32.1 Å². The van der Waals surface area contributed by atoms with Crippen molar-refractivity contribution in [3.8, 4) is 0 Å². The summed E-state index contributed by atoms with van der Waals surface area (Å²) < 4.78 is 0. The molecule has 2 aliphatic carbocycles. The molecule has 0 atom stereocenters. The highest BCUT2D eigenvalue weighted by molar-refractivity contribution is 5.86. The van der Waals surface area contributed by atoms with Gasteiger partial charge < -0.3 is 16.0 Å². The molecule has 1 amide bonds. The van der Waals surface area contributed by atoms with Gasteiger partial charge in [0, 0.05) is 12.1 Å². The van der Waals surface area contributed by atoms with Gasteiger partial charge in [-0.15, -0.1) is 0 Å². The Morgan fingerprint density at radius 2 is 1.58 bits per heavy atom. The summed E-state index contributed by atoms with van der Waals surface area (Å²) in [6, 6.07) is 0. The number of carbonyl (C=O) groups excluding carboxylic acids is 1. The highest BCUT2D eigenvalue weighted by Gasteiger charge is 2.39. The second-order valence-corrected chi connectivity index (χ2v) is 6.73. The van der Waals surface area contributed by atoms with Crippen LogP contribution in [0.25, 0.3) is 0 Å². The summed E-state index contributed by atoms with van der Waals surface area (Å²) >= 11 is 0. The predicted molar refractivity (Wildman–Crippen MR) is 77.9 cm³/mol. The zero-order valence-corrected chi connectivity index (χ0v) is 12.5. The van der Waals surface area contributed by atoms with Crippen LogP contribution in [0.15, 0.2) is 0 Å². The monoisotopic (exact) mass is 267 g/mol. The molecule has 0 aromatic rings. The van der Waals surface area contributed by atoms with Crippen LogP contribution in [-0.4, -0.2) is 42.5 Å². The number of hydrogen-bond acceptors (Lipinski definition) is 3. The molecular weight excluding hydrogens is 238 g/mol. The lowest BCUT2D eigenvalue weighted by Gasteiger charge is -2.38. The molecule has 0 aliphatic heterocycles. The first-order chi connectivity index (χ1) is 8.99. The van der Waals surface area contributed by atoms with Crippen LogP contribution in [0.4, 0.5) is 0 Å². The first-order valence-corrected chi connectivity index (χ1v) is 7.73. The first kappa shape index (κ1) is 14.8. The van der Waals surface area contributed by atoms with Crippen molar-refractivity contribution >= 4 is 5.91 Å². The van der Waals surface area contributed by atoms with Gasteiger partial charge in [-0.3, -0.25) is 4.79 Å². The molecule has 0 heterocycles. The maximum absolute atomic E-state index is 12.4. The fraction of sp³-hybridized carbons (Fsp3) is 0.933. The number of amides is 1. The molecule has 0 unspecified atom stereocenters. The Labute approximate surface area is 117 Å². The Kier molecular flexibility index (Phi) is 4.51. The van der Waals surface area contributed by atoms with Crippen molar-refractivity contribution in [2.45, 2.75) is 68.9 Å². The highest BCUT2D eigenvalue weighted by atomic mass is 16.2. The molecule has 0 bridgehead atoms. The smallest absolute Gasteiger partial charge is 0.240 e. The molecule has 0 aromatic heterocycles. The number of rotatable bonds is 4. The molecule has 2 aliphatic rings. The Hall–Kier alpha value is -0.610. The number of hydrogen-bond donors (Lipinski definition) is 2. The van der Waals surface area contributed by atoms with Crippen molar-refractivity contribution in [3.05, 3.63) is 0 Å². The zero-order chi connectivity index (χ0) is 13.9. The minimum Gasteiger partial charge on any atom is -0.353 e. The fourth-order valence-corrected chi connectivity index (χ4v) is 3.65. The van der Waals surface area contributed by atoms with Crippen molar-refractivity contribution in [3.63, 3.8) is 0 Å². The van der Waals surface area contributed by atoms with Crippen molar-refractivity contribution in [2.24, 2.45) is 5.73 Å². The molecule has 2 fully saturated rings. The summed E-state index contributed by atoms with van der Waals surface area (Å²) in [6.07, 6.45) is 9.96. The predicted octanol–water partition coefficient (Wildman–Crippen LogP) is 1.64. The molecule has 110 valence electrons. The van der Waals surface area contributed by atoms with Gasteiger partial charge >= 0.3 is 0 Å². The molecule has 2 rings (SSSR count). The third-order valence-corrected chi connectivity index (χ3v) is 5.26. The van der Waals surface area contributed by atoms with Crippen LogP contribution in [0.2, 0.25) is 0 Å². The van der Waals surface area contributed by atoms with E-state index in [0.717, 1.165) is 32.2 Å². The third-order valence-electron chi connectivity index (χ3n) is 5.26. The SMILES string of the molecule is CN(C)C1(CNC(=O)C2(N)CCCCC2)CCCC1. The number of carbonyl (C=O) groups is 1.